The molecule has 7 nitrogen and oxygen atoms in total. The lowest BCUT2D eigenvalue weighted by molar-refractivity contribution is -0.120. The topological polar surface area (TPSA) is 107 Å². The molecule has 0 saturated heterocycles. The number of rotatable bonds is 8. The molecule has 2 aromatic rings. The van der Waals surface area contributed by atoms with E-state index in [2.05, 4.69) is 35.6 Å². The molecule has 1 amide bonds. The van der Waals surface area contributed by atoms with Crippen molar-refractivity contribution < 1.29 is 13.2 Å². The monoisotopic (exact) mass is 452 g/mol. The van der Waals surface area contributed by atoms with Crippen LogP contribution >= 0.6 is 11.8 Å². The molecule has 3 N–H and O–H groups in total. The quantitative estimate of drug-likeness (QED) is 0.596. The molecule has 0 aliphatic heterocycles. The first-order valence-corrected chi connectivity index (χ1v) is 13.2. The van der Waals surface area contributed by atoms with Gasteiger partial charge in [-0.3, -0.25) is 4.79 Å². The Bertz CT molecular complexity index is 1000. The Morgan fingerprint density at radius 2 is 2.10 bits per heavy atom. The average Bonchev–Trinajstić information content (AvgIpc) is 3.04. The normalized spacial score (nSPS) is 22.3. The summed E-state index contributed by atoms with van der Waals surface area (Å²) in [5.41, 5.74) is 1.43. The fourth-order valence-corrected chi connectivity index (χ4v) is 5.46. The SMILES string of the molecule is CCCCn1c(SCC(=O)N[C@@H]2CCC[C@@H](C)[C@@H]2C)nc2cc(S(N)(=O)=O)ccc21. The molecule has 0 bridgehead atoms. The molecule has 1 fully saturated rings. The molecule has 1 aliphatic carbocycles. The number of aromatic nitrogens is 2. The van der Waals surface area contributed by atoms with E-state index in [0.29, 0.717) is 17.4 Å². The molecular weight excluding hydrogens is 420 g/mol. The van der Waals surface area contributed by atoms with Crippen molar-refractivity contribution in [1.82, 2.24) is 14.9 Å². The Morgan fingerprint density at radius 3 is 2.80 bits per heavy atom. The zero-order chi connectivity index (χ0) is 21.9. The minimum absolute atomic E-state index is 0.0188. The second-order valence-electron chi connectivity index (χ2n) is 8.33. The lowest BCUT2D eigenvalue weighted by Gasteiger charge is -2.34. The van der Waals surface area contributed by atoms with E-state index in [1.54, 1.807) is 6.07 Å². The van der Waals surface area contributed by atoms with Crippen molar-refractivity contribution in [2.24, 2.45) is 17.0 Å². The minimum atomic E-state index is -3.79. The van der Waals surface area contributed by atoms with E-state index < -0.39 is 10.0 Å². The second kappa shape index (κ2) is 9.70. The number of hydrogen-bond donors (Lipinski definition) is 2. The van der Waals surface area contributed by atoms with Crippen LogP contribution in [0.2, 0.25) is 0 Å². The first kappa shape index (κ1) is 23.1. The summed E-state index contributed by atoms with van der Waals surface area (Å²) in [6, 6.07) is 4.99. The Morgan fingerprint density at radius 1 is 1.33 bits per heavy atom. The van der Waals surface area contributed by atoms with E-state index >= 15 is 0 Å². The maximum atomic E-state index is 12.6. The highest BCUT2D eigenvalue weighted by molar-refractivity contribution is 7.99. The third-order valence-corrected chi connectivity index (χ3v) is 8.02. The number of unbranched alkanes of at least 4 members (excludes halogenated alkanes) is 1. The summed E-state index contributed by atoms with van der Waals surface area (Å²) in [5.74, 6) is 1.42. The standard InChI is InChI=1S/C21H32N4O3S2/c1-4-5-11-25-19-10-9-16(30(22,27)28)12-18(19)24-21(25)29-13-20(26)23-17-8-6-7-14(2)15(17)3/h9-10,12,14-15,17H,4-8,11,13H2,1-3H3,(H,23,26)(H2,22,27,28)/t14-,15+,17-/m1/s1. The van der Waals surface area contributed by atoms with Gasteiger partial charge in [-0.15, -0.1) is 0 Å². The Kier molecular flexibility index (Phi) is 7.47. The number of sulfonamides is 1. The largest absolute Gasteiger partial charge is 0.352 e. The molecule has 166 valence electrons. The number of nitrogens with one attached hydrogen (secondary N) is 1. The smallest absolute Gasteiger partial charge is 0.238 e. The van der Waals surface area contributed by atoms with Gasteiger partial charge in [0, 0.05) is 12.6 Å². The van der Waals surface area contributed by atoms with Crippen LogP contribution in [0.25, 0.3) is 11.0 Å². The van der Waals surface area contributed by atoms with Gasteiger partial charge in [-0.2, -0.15) is 0 Å². The Labute approximate surface area is 183 Å². The van der Waals surface area contributed by atoms with Crippen LogP contribution in [0.15, 0.2) is 28.3 Å². The molecule has 0 spiro atoms. The fraction of sp³-hybridized carbons (Fsp3) is 0.619. The highest BCUT2D eigenvalue weighted by atomic mass is 32.2. The number of nitrogens with zero attached hydrogens (tertiary/aromatic N) is 2. The third-order valence-electron chi connectivity index (χ3n) is 6.13. The van der Waals surface area contributed by atoms with Crippen molar-refractivity contribution in [3.8, 4) is 0 Å². The maximum absolute atomic E-state index is 12.6. The number of benzene rings is 1. The van der Waals surface area contributed by atoms with Gasteiger partial charge >= 0.3 is 0 Å². The van der Waals surface area contributed by atoms with Crippen LogP contribution in [-0.2, 0) is 21.4 Å². The number of carbonyl (C=O) groups is 1. The Hall–Kier alpha value is -1.58. The lowest BCUT2D eigenvalue weighted by Crippen LogP contribution is -2.44. The summed E-state index contributed by atoms with van der Waals surface area (Å²) in [6.07, 6.45) is 5.41. The van der Waals surface area contributed by atoms with Crippen molar-refractivity contribution in [2.45, 2.75) is 75.5 Å². The van der Waals surface area contributed by atoms with Crippen molar-refractivity contribution in [2.75, 3.05) is 5.75 Å². The van der Waals surface area contributed by atoms with Gasteiger partial charge < -0.3 is 9.88 Å². The first-order chi connectivity index (χ1) is 14.2. The number of amides is 1. The van der Waals surface area contributed by atoms with Gasteiger partial charge in [-0.25, -0.2) is 18.5 Å². The predicted octanol–water partition coefficient (Wildman–Crippen LogP) is 3.52. The van der Waals surface area contributed by atoms with Crippen molar-refractivity contribution in [3.63, 3.8) is 0 Å². The molecular formula is C21H32N4O3S2. The summed E-state index contributed by atoms with van der Waals surface area (Å²) < 4.78 is 25.4. The number of hydrogen-bond acceptors (Lipinski definition) is 5. The maximum Gasteiger partial charge on any atom is 0.238 e. The van der Waals surface area contributed by atoms with Crippen LogP contribution < -0.4 is 10.5 Å². The number of nitrogens with two attached hydrogens (primary N) is 1. The molecule has 1 saturated carbocycles. The van der Waals surface area contributed by atoms with Crippen LogP contribution in [0.1, 0.15) is 52.9 Å². The van der Waals surface area contributed by atoms with Gasteiger partial charge in [0.25, 0.3) is 0 Å². The molecule has 1 heterocycles. The molecule has 3 atom stereocenters. The van der Waals surface area contributed by atoms with Crippen LogP contribution in [0.3, 0.4) is 0 Å². The van der Waals surface area contributed by atoms with E-state index in [4.69, 9.17) is 5.14 Å². The molecule has 3 rings (SSSR count). The summed E-state index contributed by atoms with van der Waals surface area (Å²) in [4.78, 5) is 17.3. The van der Waals surface area contributed by atoms with Crippen LogP contribution in [0, 0.1) is 11.8 Å². The second-order valence-corrected chi connectivity index (χ2v) is 10.8. The number of carbonyl (C=O) groups excluding carboxylic acids is 1. The van der Waals surface area contributed by atoms with Gasteiger partial charge in [0.1, 0.15) is 0 Å². The van der Waals surface area contributed by atoms with Gasteiger partial charge in [0.2, 0.25) is 15.9 Å². The zero-order valence-electron chi connectivity index (χ0n) is 17.9. The molecule has 1 aromatic carbocycles. The molecule has 1 aliphatic rings. The van der Waals surface area contributed by atoms with E-state index in [-0.39, 0.29) is 22.6 Å². The average molecular weight is 453 g/mol. The fourth-order valence-electron chi connectivity index (χ4n) is 4.07. The van der Waals surface area contributed by atoms with Gasteiger partial charge in [-0.1, -0.05) is 51.8 Å². The molecule has 0 radical (unpaired) electrons. The van der Waals surface area contributed by atoms with Crippen LogP contribution in [0.5, 0.6) is 0 Å². The molecule has 1 aromatic heterocycles. The number of aryl methyl sites for hydroxylation is 1. The van der Waals surface area contributed by atoms with Gasteiger partial charge in [0.05, 0.1) is 21.7 Å². The number of fused-ring (bicyclic) bond motifs is 1. The van der Waals surface area contributed by atoms with Crippen molar-refractivity contribution >= 4 is 38.7 Å². The Balaban J connectivity index is 1.76. The molecule has 9 heteroatoms. The first-order valence-electron chi connectivity index (χ1n) is 10.7. The highest BCUT2D eigenvalue weighted by Gasteiger charge is 2.28. The van der Waals surface area contributed by atoms with Crippen LogP contribution in [-0.4, -0.2) is 35.7 Å². The van der Waals surface area contributed by atoms with E-state index in [1.165, 1.54) is 30.3 Å². The van der Waals surface area contributed by atoms with Crippen LogP contribution in [0.4, 0.5) is 0 Å². The molecule has 30 heavy (non-hydrogen) atoms. The van der Waals surface area contributed by atoms with E-state index in [9.17, 15) is 13.2 Å². The summed E-state index contributed by atoms with van der Waals surface area (Å²) in [7, 11) is -3.79. The van der Waals surface area contributed by atoms with Gasteiger partial charge in [0.15, 0.2) is 5.16 Å². The lowest BCUT2D eigenvalue weighted by atomic mass is 9.78. The number of thioether (sulfide) groups is 1. The summed E-state index contributed by atoms with van der Waals surface area (Å²) in [6.45, 7) is 7.35. The minimum Gasteiger partial charge on any atom is -0.352 e. The third kappa shape index (κ3) is 5.36. The molecule has 0 unspecified atom stereocenters. The van der Waals surface area contributed by atoms with E-state index in [0.717, 1.165) is 42.9 Å². The number of primary sulfonamides is 1. The van der Waals surface area contributed by atoms with Crippen molar-refractivity contribution in [3.05, 3.63) is 18.2 Å². The zero-order valence-corrected chi connectivity index (χ0v) is 19.6. The summed E-state index contributed by atoms with van der Waals surface area (Å²) in [5, 5.41) is 9.19. The predicted molar refractivity (Wildman–Crippen MR) is 121 cm³/mol. The van der Waals surface area contributed by atoms with E-state index in [1.807, 2.05) is 0 Å². The van der Waals surface area contributed by atoms with Gasteiger partial charge in [-0.05, 0) is 42.9 Å². The number of imidazole rings is 1. The highest BCUT2D eigenvalue weighted by Crippen LogP contribution is 2.30. The van der Waals surface area contributed by atoms with Crippen molar-refractivity contribution in [1.29, 1.82) is 0 Å². The summed E-state index contributed by atoms with van der Waals surface area (Å²) >= 11 is 1.39.